The topological polar surface area (TPSA) is 67.2 Å². The third-order valence-corrected chi connectivity index (χ3v) is 4.00. The molecule has 0 spiro atoms. The molecule has 1 atom stereocenters. The maximum Gasteiger partial charge on any atom is 0.341 e. The van der Waals surface area contributed by atoms with Gasteiger partial charge in [-0.2, -0.15) is 5.10 Å². The fourth-order valence-electron chi connectivity index (χ4n) is 2.84. The van der Waals surface area contributed by atoms with Crippen LogP contribution in [0.3, 0.4) is 0 Å². The smallest absolute Gasteiger partial charge is 0.341 e. The molecular formula is C13H21N3O2. The van der Waals surface area contributed by atoms with Gasteiger partial charge in [0.15, 0.2) is 0 Å². The van der Waals surface area contributed by atoms with Gasteiger partial charge in [-0.3, -0.25) is 4.68 Å². The van der Waals surface area contributed by atoms with Crippen LogP contribution in [0.15, 0.2) is 0 Å². The van der Waals surface area contributed by atoms with Crippen LogP contribution >= 0.6 is 0 Å². The lowest BCUT2D eigenvalue weighted by Crippen LogP contribution is -2.32. The molecule has 2 N–H and O–H groups in total. The number of carboxylic acids is 1. The molecule has 0 bridgehead atoms. The Kier molecular flexibility index (Phi) is 3.09. The predicted octanol–water partition coefficient (Wildman–Crippen LogP) is 2.42. The molecule has 1 fully saturated rings. The van der Waals surface area contributed by atoms with E-state index in [1.807, 2.05) is 0 Å². The molecule has 1 heterocycles. The number of nitrogens with one attached hydrogen (secondary N) is 1. The van der Waals surface area contributed by atoms with Crippen molar-refractivity contribution in [3.63, 3.8) is 0 Å². The number of anilines is 1. The maximum atomic E-state index is 11.3. The predicted molar refractivity (Wildman–Crippen MR) is 69.9 cm³/mol. The van der Waals surface area contributed by atoms with Crippen molar-refractivity contribution in [2.24, 2.45) is 12.5 Å². The van der Waals surface area contributed by atoms with Gasteiger partial charge in [-0.25, -0.2) is 4.79 Å². The van der Waals surface area contributed by atoms with Crippen LogP contribution in [0.5, 0.6) is 0 Å². The van der Waals surface area contributed by atoms with Crippen molar-refractivity contribution in [2.45, 2.75) is 46.1 Å². The molecule has 1 aromatic heterocycles. The third-order valence-electron chi connectivity index (χ3n) is 4.00. The summed E-state index contributed by atoms with van der Waals surface area (Å²) in [6.45, 7) is 6.18. The molecule has 1 saturated carbocycles. The Morgan fingerprint density at radius 1 is 1.56 bits per heavy atom. The monoisotopic (exact) mass is 251 g/mol. The first-order chi connectivity index (χ1) is 8.33. The van der Waals surface area contributed by atoms with E-state index >= 15 is 0 Å². The Hall–Kier alpha value is -1.52. The number of hydrogen-bond donors (Lipinski definition) is 2. The number of carbonyl (C=O) groups is 1. The third kappa shape index (κ3) is 2.09. The van der Waals surface area contributed by atoms with Gasteiger partial charge in [-0.05, 0) is 25.2 Å². The zero-order valence-corrected chi connectivity index (χ0v) is 11.4. The highest BCUT2D eigenvalue weighted by molar-refractivity contribution is 5.94. The van der Waals surface area contributed by atoms with E-state index in [1.54, 1.807) is 18.7 Å². The number of aromatic nitrogens is 2. The molecule has 5 heteroatoms. The number of nitrogens with zero attached hydrogens (tertiary/aromatic N) is 2. The van der Waals surface area contributed by atoms with Crippen LogP contribution in [0.1, 0.15) is 49.2 Å². The average molecular weight is 251 g/mol. The van der Waals surface area contributed by atoms with Gasteiger partial charge in [0.05, 0.1) is 5.69 Å². The maximum absolute atomic E-state index is 11.3. The molecule has 0 saturated heterocycles. The second-order valence-electron chi connectivity index (χ2n) is 5.82. The quantitative estimate of drug-likeness (QED) is 0.865. The molecule has 0 radical (unpaired) electrons. The lowest BCUT2D eigenvalue weighted by atomic mass is 9.87. The fourth-order valence-corrected chi connectivity index (χ4v) is 2.84. The molecule has 0 aromatic carbocycles. The second kappa shape index (κ2) is 4.30. The first kappa shape index (κ1) is 12.9. The van der Waals surface area contributed by atoms with Crippen molar-refractivity contribution in [3.8, 4) is 0 Å². The number of carboxylic acid groups (broad SMARTS) is 1. The normalized spacial score (nSPS) is 22.1. The van der Waals surface area contributed by atoms with Crippen LogP contribution in [-0.2, 0) is 7.05 Å². The minimum atomic E-state index is -0.918. The molecule has 2 rings (SSSR count). The molecule has 18 heavy (non-hydrogen) atoms. The van der Waals surface area contributed by atoms with Crippen LogP contribution in [0.4, 0.5) is 5.82 Å². The summed E-state index contributed by atoms with van der Waals surface area (Å²) in [5, 5.41) is 16.9. The highest BCUT2D eigenvalue weighted by atomic mass is 16.4. The summed E-state index contributed by atoms with van der Waals surface area (Å²) >= 11 is 0. The number of aryl methyl sites for hydroxylation is 2. The van der Waals surface area contributed by atoms with Gasteiger partial charge in [-0.1, -0.05) is 20.3 Å². The minimum Gasteiger partial charge on any atom is -0.477 e. The average Bonchev–Trinajstić information content (AvgIpc) is 2.69. The summed E-state index contributed by atoms with van der Waals surface area (Å²) in [6, 6.07) is 0.311. The van der Waals surface area contributed by atoms with Gasteiger partial charge in [-0.15, -0.1) is 0 Å². The number of rotatable bonds is 3. The molecule has 5 nitrogen and oxygen atoms in total. The zero-order chi connectivity index (χ0) is 13.5. The second-order valence-corrected chi connectivity index (χ2v) is 5.82. The van der Waals surface area contributed by atoms with Crippen LogP contribution in [0, 0.1) is 12.3 Å². The summed E-state index contributed by atoms with van der Waals surface area (Å²) in [7, 11) is 1.78. The minimum absolute atomic E-state index is 0.202. The van der Waals surface area contributed by atoms with Crippen LogP contribution < -0.4 is 5.32 Å². The molecule has 0 aliphatic heterocycles. The Labute approximate surface area is 107 Å². The van der Waals surface area contributed by atoms with E-state index in [9.17, 15) is 9.90 Å². The molecule has 1 aliphatic rings. The Bertz CT molecular complexity index is 477. The standard InChI is InChI=1S/C13H21N3O2/c1-8-10(12(17)18)11(16(4)15-8)14-9-6-5-7-13(9,2)3/h9,14H,5-7H2,1-4H3,(H,17,18). The lowest BCUT2D eigenvalue weighted by molar-refractivity contribution is 0.0697. The van der Waals surface area contributed by atoms with E-state index in [2.05, 4.69) is 24.3 Å². The van der Waals surface area contributed by atoms with E-state index in [0.29, 0.717) is 23.1 Å². The summed E-state index contributed by atoms with van der Waals surface area (Å²) in [5.41, 5.74) is 1.05. The van der Waals surface area contributed by atoms with E-state index in [-0.39, 0.29) is 5.41 Å². The van der Waals surface area contributed by atoms with E-state index in [0.717, 1.165) is 6.42 Å². The van der Waals surface area contributed by atoms with Crippen LogP contribution in [0.25, 0.3) is 0 Å². The lowest BCUT2D eigenvalue weighted by Gasteiger charge is -2.28. The van der Waals surface area contributed by atoms with E-state index in [4.69, 9.17) is 0 Å². The first-order valence-electron chi connectivity index (χ1n) is 6.36. The van der Waals surface area contributed by atoms with E-state index < -0.39 is 5.97 Å². The van der Waals surface area contributed by atoms with Crippen molar-refractivity contribution < 1.29 is 9.90 Å². The molecule has 1 unspecified atom stereocenters. The first-order valence-corrected chi connectivity index (χ1v) is 6.36. The summed E-state index contributed by atoms with van der Waals surface area (Å²) in [6.07, 6.45) is 3.43. The van der Waals surface area contributed by atoms with Gasteiger partial charge >= 0.3 is 5.97 Å². The van der Waals surface area contributed by atoms with Crippen molar-refractivity contribution in [1.82, 2.24) is 9.78 Å². The molecule has 1 aliphatic carbocycles. The SMILES string of the molecule is Cc1nn(C)c(NC2CCCC2(C)C)c1C(=O)O. The molecular weight excluding hydrogens is 230 g/mol. The highest BCUT2D eigenvalue weighted by Gasteiger charge is 2.36. The van der Waals surface area contributed by atoms with Crippen LogP contribution in [0.2, 0.25) is 0 Å². The van der Waals surface area contributed by atoms with Gasteiger partial charge < -0.3 is 10.4 Å². The van der Waals surface area contributed by atoms with E-state index in [1.165, 1.54) is 12.8 Å². The molecule has 0 amide bonds. The number of aromatic carboxylic acids is 1. The van der Waals surface area contributed by atoms with Gasteiger partial charge in [0.2, 0.25) is 0 Å². The van der Waals surface area contributed by atoms with Crippen LogP contribution in [-0.4, -0.2) is 26.9 Å². The highest BCUT2D eigenvalue weighted by Crippen LogP contribution is 2.39. The summed E-state index contributed by atoms with van der Waals surface area (Å²) < 4.78 is 1.63. The summed E-state index contributed by atoms with van der Waals surface area (Å²) in [4.78, 5) is 11.3. The van der Waals surface area contributed by atoms with Crippen molar-refractivity contribution in [3.05, 3.63) is 11.3 Å². The molecule has 100 valence electrons. The van der Waals surface area contributed by atoms with Crippen molar-refractivity contribution in [2.75, 3.05) is 5.32 Å². The van der Waals surface area contributed by atoms with Gasteiger partial charge in [0.25, 0.3) is 0 Å². The Balaban J connectivity index is 2.32. The van der Waals surface area contributed by atoms with Crippen molar-refractivity contribution in [1.29, 1.82) is 0 Å². The molecule has 1 aromatic rings. The Morgan fingerprint density at radius 2 is 2.22 bits per heavy atom. The van der Waals surface area contributed by atoms with Gasteiger partial charge in [0.1, 0.15) is 11.4 Å². The largest absolute Gasteiger partial charge is 0.477 e. The summed E-state index contributed by atoms with van der Waals surface area (Å²) in [5.74, 6) is -0.293. The Morgan fingerprint density at radius 3 is 2.72 bits per heavy atom. The fraction of sp³-hybridized carbons (Fsp3) is 0.692. The number of hydrogen-bond acceptors (Lipinski definition) is 3. The van der Waals surface area contributed by atoms with Crippen molar-refractivity contribution >= 4 is 11.8 Å². The van der Waals surface area contributed by atoms with Gasteiger partial charge in [0, 0.05) is 13.1 Å². The zero-order valence-electron chi connectivity index (χ0n) is 11.4.